The highest BCUT2D eigenvalue weighted by Crippen LogP contribution is 2.28. The van der Waals surface area contributed by atoms with Gasteiger partial charge in [0.2, 0.25) is 11.8 Å². The molecule has 0 fully saturated rings. The predicted octanol–water partition coefficient (Wildman–Crippen LogP) is 4.75. The van der Waals surface area contributed by atoms with Gasteiger partial charge in [-0.25, -0.2) is 4.79 Å². The predicted molar refractivity (Wildman–Crippen MR) is 140 cm³/mol. The third-order valence-electron chi connectivity index (χ3n) is 5.22. The standard InChI is InChI=1S/C26H43N3O4S/c1-11-29(23(31)20(15-16-34-10)27-24(32)33-26(7,8)9)21(22(30)28-25(4,5)6)19-14-12-13-17(2)18(19)3/h12-14,20-21H,11,15-16H2,1-10H3,(H,27,32)(H,28,30). The molecule has 0 aliphatic rings. The maximum absolute atomic E-state index is 13.8. The molecule has 1 aromatic carbocycles. The summed E-state index contributed by atoms with van der Waals surface area (Å²) in [4.78, 5) is 41.5. The minimum Gasteiger partial charge on any atom is -0.444 e. The van der Waals surface area contributed by atoms with Crippen LogP contribution in [0.1, 0.15) is 77.6 Å². The van der Waals surface area contributed by atoms with Crippen molar-refractivity contribution >= 4 is 29.7 Å². The molecule has 0 saturated carbocycles. The summed E-state index contributed by atoms with van der Waals surface area (Å²) in [5.41, 5.74) is 1.62. The number of nitrogens with zero attached hydrogens (tertiary/aromatic N) is 1. The van der Waals surface area contributed by atoms with Gasteiger partial charge in [-0.2, -0.15) is 11.8 Å². The number of hydrogen-bond acceptors (Lipinski definition) is 5. The molecule has 0 bridgehead atoms. The monoisotopic (exact) mass is 493 g/mol. The van der Waals surface area contributed by atoms with E-state index in [0.717, 1.165) is 16.7 Å². The molecule has 0 aliphatic heterocycles. The van der Waals surface area contributed by atoms with Crippen LogP contribution in [-0.2, 0) is 14.3 Å². The van der Waals surface area contributed by atoms with Crippen molar-refractivity contribution in [2.24, 2.45) is 0 Å². The van der Waals surface area contributed by atoms with E-state index < -0.39 is 29.3 Å². The summed E-state index contributed by atoms with van der Waals surface area (Å²) in [5.74, 6) is 0.112. The van der Waals surface area contributed by atoms with Crippen molar-refractivity contribution in [1.29, 1.82) is 0 Å². The number of carbonyl (C=O) groups is 3. The Morgan fingerprint density at radius 3 is 2.21 bits per heavy atom. The molecule has 3 amide bonds. The number of nitrogens with one attached hydrogen (secondary N) is 2. The van der Waals surface area contributed by atoms with Crippen LogP contribution in [0, 0.1) is 13.8 Å². The third-order valence-corrected chi connectivity index (χ3v) is 5.87. The Labute approximate surface area is 209 Å². The molecule has 34 heavy (non-hydrogen) atoms. The van der Waals surface area contributed by atoms with Crippen molar-refractivity contribution in [3.63, 3.8) is 0 Å². The van der Waals surface area contributed by atoms with E-state index in [2.05, 4.69) is 10.6 Å². The average molecular weight is 494 g/mol. The Morgan fingerprint density at radius 1 is 1.09 bits per heavy atom. The van der Waals surface area contributed by atoms with Crippen LogP contribution in [0.5, 0.6) is 0 Å². The van der Waals surface area contributed by atoms with E-state index >= 15 is 0 Å². The molecule has 0 heterocycles. The highest BCUT2D eigenvalue weighted by molar-refractivity contribution is 7.98. The van der Waals surface area contributed by atoms with Gasteiger partial charge in [0.05, 0.1) is 0 Å². The summed E-state index contributed by atoms with van der Waals surface area (Å²) in [5, 5.41) is 5.78. The Kier molecular flexibility index (Phi) is 10.9. The van der Waals surface area contributed by atoms with Gasteiger partial charge >= 0.3 is 6.09 Å². The lowest BCUT2D eigenvalue weighted by Gasteiger charge is -2.36. The number of carbonyl (C=O) groups excluding carboxylic acids is 3. The summed E-state index contributed by atoms with van der Waals surface area (Å²) in [6.07, 6.45) is 1.73. The molecule has 1 rings (SSSR count). The Hall–Kier alpha value is -2.22. The lowest BCUT2D eigenvalue weighted by molar-refractivity contribution is -0.142. The van der Waals surface area contributed by atoms with Crippen LogP contribution in [0.4, 0.5) is 4.79 Å². The number of aryl methyl sites for hydroxylation is 1. The van der Waals surface area contributed by atoms with Crippen molar-refractivity contribution in [3.05, 3.63) is 34.9 Å². The molecule has 0 aromatic heterocycles. The first-order chi connectivity index (χ1) is 15.6. The second kappa shape index (κ2) is 12.5. The van der Waals surface area contributed by atoms with Crippen LogP contribution in [0.3, 0.4) is 0 Å². The molecule has 1 aromatic rings. The number of thioether (sulfide) groups is 1. The van der Waals surface area contributed by atoms with E-state index in [0.29, 0.717) is 18.7 Å². The van der Waals surface area contributed by atoms with Crippen molar-refractivity contribution in [1.82, 2.24) is 15.5 Å². The second-order valence-corrected chi connectivity index (χ2v) is 11.5. The van der Waals surface area contributed by atoms with E-state index in [1.807, 2.05) is 66.0 Å². The van der Waals surface area contributed by atoms with Crippen LogP contribution in [0.25, 0.3) is 0 Å². The first-order valence-corrected chi connectivity index (χ1v) is 13.2. The van der Waals surface area contributed by atoms with Crippen molar-refractivity contribution in [3.8, 4) is 0 Å². The molecule has 2 unspecified atom stereocenters. The number of benzene rings is 1. The minimum atomic E-state index is -0.825. The highest BCUT2D eigenvalue weighted by atomic mass is 32.2. The first-order valence-electron chi connectivity index (χ1n) is 11.8. The summed E-state index contributed by atoms with van der Waals surface area (Å²) in [6, 6.07) is 4.15. The first kappa shape index (κ1) is 29.8. The smallest absolute Gasteiger partial charge is 0.408 e. The average Bonchev–Trinajstić information content (AvgIpc) is 2.68. The molecular formula is C26H43N3O4S. The maximum Gasteiger partial charge on any atom is 0.408 e. The summed E-state index contributed by atoms with van der Waals surface area (Å²) < 4.78 is 5.40. The van der Waals surface area contributed by atoms with E-state index in [1.165, 1.54) is 0 Å². The molecule has 0 radical (unpaired) electrons. The topological polar surface area (TPSA) is 87.7 Å². The van der Waals surface area contributed by atoms with E-state index in [1.54, 1.807) is 37.4 Å². The Balaban J connectivity index is 3.44. The van der Waals surface area contributed by atoms with Gasteiger partial charge in [0.25, 0.3) is 0 Å². The van der Waals surface area contributed by atoms with Gasteiger partial charge in [0.15, 0.2) is 0 Å². The number of ether oxygens (including phenoxy) is 1. The van der Waals surface area contributed by atoms with Crippen molar-refractivity contribution in [2.45, 2.75) is 92.0 Å². The van der Waals surface area contributed by atoms with Gasteiger partial charge in [-0.1, -0.05) is 18.2 Å². The van der Waals surface area contributed by atoms with Gasteiger partial charge < -0.3 is 20.3 Å². The van der Waals surface area contributed by atoms with Gasteiger partial charge in [-0.15, -0.1) is 0 Å². The van der Waals surface area contributed by atoms with E-state index in [9.17, 15) is 14.4 Å². The zero-order valence-corrected chi connectivity index (χ0v) is 23.3. The Morgan fingerprint density at radius 2 is 1.71 bits per heavy atom. The molecular weight excluding hydrogens is 450 g/mol. The molecule has 0 spiro atoms. The van der Waals surface area contributed by atoms with Crippen LogP contribution >= 0.6 is 11.8 Å². The fraction of sp³-hybridized carbons (Fsp3) is 0.654. The zero-order chi connectivity index (χ0) is 26.3. The quantitative estimate of drug-likeness (QED) is 0.518. The summed E-state index contributed by atoms with van der Waals surface area (Å²) in [6.45, 7) is 17.2. The number of likely N-dealkylation sites (N-methyl/N-ethyl adjacent to an activating group) is 1. The Bertz CT molecular complexity index is 859. The molecule has 8 heteroatoms. The zero-order valence-electron chi connectivity index (χ0n) is 22.5. The third kappa shape index (κ3) is 9.20. The molecule has 0 aliphatic carbocycles. The second-order valence-electron chi connectivity index (χ2n) is 10.5. The molecule has 2 N–H and O–H groups in total. The SMILES string of the molecule is CCN(C(=O)C(CCSC)NC(=O)OC(C)(C)C)C(C(=O)NC(C)(C)C)c1cccc(C)c1C. The van der Waals surface area contributed by atoms with Crippen molar-refractivity contribution < 1.29 is 19.1 Å². The number of alkyl carbamates (subject to hydrolysis) is 1. The van der Waals surface area contributed by atoms with Crippen LogP contribution in [-0.4, -0.2) is 58.5 Å². The number of hydrogen-bond donors (Lipinski definition) is 2. The molecule has 2 atom stereocenters. The van der Waals surface area contributed by atoms with Crippen LogP contribution < -0.4 is 10.6 Å². The molecule has 192 valence electrons. The summed E-state index contributed by atoms with van der Waals surface area (Å²) >= 11 is 1.59. The largest absolute Gasteiger partial charge is 0.444 e. The van der Waals surface area contributed by atoms with Gasteiger partial charge in [0.1, 0.15) is 17.7 Å². The van der Waals surface area contributed by atoms with Crippen LogP contribution in [0.15, 0.2) is 18.2 Å². The molecule has 7 nitrogen and oxygen atoms in total. The minimum absolute atomic E-state index is 0.253. The molecule has 0 saturated heterocycles. The summed E-state index contributed by atoms with van der Waals surface area (Å²) in [7, 11) is 0. The van der Waals surface area contributed by atoms with E-state index in [4.69, 9.17) is 4.74 Å². The van der Waals surface area contributed by atoms with Crippen LogP contribution in [0.2, 0.25) is 0 Å². The number of rotatable bonds is 9. The van der Waals surface area contributed by atoms with Crippen molar-refractivity contribution in [2.75, 3.05) is 18.6 Å². The lowest BCUT2D eigenvalue weighted by Crippen LogP contribution is -2.54. The van der Waals surface area contributed by atoms with E-state index in [-0.39, 0.29) is 11.8 Å². The maximum atomic E-state index is 13.8. The fourth-order valence-electron chi connectivity index (χ4n) is 3.57. The van der Waals surface area contributed by atoms with Gasteiger partial charge in [-0.05, 0) is 97.4 Å². The number of amides is 3. The van der Waals surface area contributed by atoms with Gasteiger partial charge in [-0.3, -0.25) is 9.59 Å². The normalized spacial score (nSPS) is 13.6. The lowest BCUT2D eigenvalue weighted by atomic mass is 9.94. The highest BCUT2D eigenvalue weighted by Gasteiger charge is 2.37. The van der Waals surface area contributed by atoms with Gasteiger partial charge in [0, 0.05) is 12.1 Å². The fourth-order valence-corrected chi connectivity index (χ4v) is 4.04.